The van der Waals surface area contributed by atoms with E-state index in [-0.39, 0.29) is 17.6 Å². The first-order valence-electron chi connectivity index (χ1n) is 9.01. The maximum Gasteiger partial charge on any atom is 0.343 e. The molecule has 0 atom stereocenters. The highest BCUT2D eigenvalue weighted by Gasteiger charge is 2.17. The Hall–Kier alpha value is -2.60. The van der Waals surface area contributed by atoms with E-state index in [9.17, 15) is 9.59 Å². The molecule has 0 unspecified atom stereocenters. The summed E-state index contributed by atoms with van der Waals surface area (Å²) in [5, 5.41) is 0.357. The van der Waals surface area contributed by atoms with Crippen molar-refractivity contribution in [1.82, 2.24) is 4.98 Å². The maximum absolute atomic E-state index is 12.7. The molecule has 1 N–H and O–H groups in total. The zero-order valence-electron chi connectivity index (χ0n) is 16.3. The Balaban J connectivity index is 1.99. The number of carbonyl (C=O) groups excluding carboxylic acids is 1. The van der Waals surface area contributed by atoms with Gasteiger partial charge in [0.1, 0.15) is 17.1 Å². The van der Waals surface area contributed by atoms with E-state index in [2.05, 4.69) is 41.7 Å². The first-order valence-corrected chi connectivity index (χ1v) is 9.80. The molecule has 5 nitrogen and oxygen atoms in total. The van der Waals surface area contributed by atoms with Gasteiger partial charge in [-0.25, -0.2) is 4.79 Å². The lowest BCUT2D eigenvalue weighted by Gasteiger charge is -2.19. The predicted molar refractivity (Wildman–Crippen MR) is 113 cm³/mol. The van der Waals surface area contributed by atoms with E-state index in [1.807, 2.05) is 24.3 Å². The fourth-order valence-electron chi connectivity index (χ4n) is 2.81. The number of ether oxygens (including phenoxy) is 2. The predicted octanol–water partition coefficient (Wildman–Crippen LogP) is 5.56. The zero-order chi connectivity index (χ0) is 20.5. The van der Waals surface area contributed by atoms with Crippen LogP contribution in [0, 0.1) is 0 Å². The minimum atomic E-state index is -0.645. The number of halogens is 1. The Morgan fingerprint density at radius 1 is 1.14 bits per heavy atom. The number of H-pyrrole nitrogens is 1. The summed E-state index contributed by atoms with van der Waals surface area (Å²) in [6.45, 7) is 8.35. The Morgan fingerprint density at radius 2 is 1.82 bits per heavy atom. The van der Waals surface area contributed by atoms with Crippen molar-refractivity contribution in [2.75, 3.05) is 6.61 Å². The van der Waals surface area contributed by atoms with E-state index in [0.717, 1.165) is 0 Å². The third kappa shape index (κ3) is 4.12. The molecule has 0 aliphatic carbocycles. The van der Waals surface area contributed by atoms with Crippen LogP contribution >= 0.6 is 15.9 Å². The molecule has 0 spiro atoms. The van der Waals surface area contributed by atoms with Crippen molar-refractivity contribution < 1.29 is 14.3 Å². The number of rotatable bonds is 4. The molecule has 0 saturated carbocycles. The van der Waals surface area contributed by atoms with Crippen LogP contribution in [0.4, 0.5) is 0 Å². The second-order valence-electron chi connectivity index (χ2n) is 7.46. The molecule has 2 aromatic carbocycles. The number of esters is 1. The van der Waals surface area contributed by atoms with E-state index in [0.29, 0.717) is 26.9 Å². The highest BCUT2D eigenvalue weighted by atomic mass is 79.9. The minimum Gasteiger partial charge on any atom is -0.462 e. The van der Waals surface area contributed by atoms with E-state index >= 15 is 0 Å². The second-order valence-corrected chi connectivity index (χ2v) is 8.31. The molecule has 1 aromatic heterocycles. The van der Waals surface area contributed by atoms with E-state index in [1.165, 1.54) is 11.8 Å². The lowest BCUT2D eigenvalue weighted by molar-refractivity contribution is 0.0524. The molecular weight excluding hydrogens is 422 g/mol. The van der Waals surface area contributed by atoms with E-state index in [4.69, 9.17) is 9.47 Å². The Labute approximate surface area is 171 Å². The van der Waals surface area contributed by atoms with Gasteiger partial charge in [0, 0.05) is 6.20 Å². The van der Waals surface area contributed by atoms with Crippen molar-refractivity contribution in [2.24, 2.45) is 0 Å². The number of hydrogen-bond donors (Lipinski definition) is 1. The SMILES string of the molecule is CCOC(=O)c1c[nH]c2cc(Br)c(Oc3ccc(C(C)(C)C)cc3)cc2c1=O. The van der Waals surface area contributed by atoms with Crippen molar-refractivity contribution in [3.05, 3.63) is 68.4 Å². The molecule has 0 bridgehead atoms. The van der Waals surface area contributed by atoms with Crippen LogP contribution in [0.25, 0.3) is 10.9 Å². The third-order valence-corrected chi connectivity index (χ3v) is 5.00. The van der Waals surface area contributed by atoms with Gasteiger partial charge >= 0.3 is 5.97 Å². The zero-order valence-corrected chi connectivity index (χ0v) is 17.8. The molecule has 3 rings (SSSR count). The molecule has 3 aromatic rings. The first kappa shape index (κ1) is 20.1. The van der Waals surface area contributed by atoms with Gasteiger partial charge in [0.05, 0.1) is 22.0 Å². The van der Waals surface area contributed by atoms with Crippen LogP contribution in [0.2, 0.25) is 0 Å². The van der Waals surface area contributed by atoms with Gasteiger partial charge in [0.2, 0.25) is 5.43 Å². The lowest BCUT2D eigenvalue weighted by Crippen LogP contribution is -2.18. The van der Waals surface area contributed by atoms with E-state index < -0.39 is 11.4 Å². The average Bonchev–Trinajstić information content (AvgIpc) is 2.63. The van der Waals surface area contributed by atoms with Crippen molar-refractivity contribution in [2.45, 2.75) is 33.1 Å². The number of carbonyl (C=O) groups is 1. The molecule has 1 heterocycles. The summed E-state index contributed by atoms with van der Waals surface area (Å²) in [6, 6.07) is 11.2. The number of benzene rings is 2. The van der Waals surface area contributed by atoms with Crippen LogP contribution in [0.5, 0.6) is 11.5 Å². The van der Waals surface area contributed by atoms with Crippen LogP contribution in [-0.4, -0.2) is 17.6 Å². The van der Waals surface area contributed by atoms with E-state index in [1.54, 1.807) is 19.1 Å². The summed E-state index contributed by atoms with van der Waals surface area (Å²) < 4.78 is 11.6. The van der Waals surface area contributed by atoms with Gasteiger partial charge in [0.15, 0.2) is 0 Å². The lowest BCUT2D eigenvalue weighted by atomic mass is 9.87. The van der Waals surface area contributed by atoms with Crippen LogP contribution in [-0.2, 0) is 10.2 Å². The van der Waals surface area contributed by atoms with Gasteiger partial charge in [-0.1, -0.05) is 32.9 Å². The molecule has 0 amide bonds. The van der Waals surface area contributed by atoms with Crippen molar-refractivity contribution in [3.63, 3.8) is 0 Å². The van der Waals surface area contributed by atoms with Gasteiger partial charge in [-0.2, -0.15) is 0 Å². The summed E-state index contributed by atoms with van der Waals surface area (Å²) in [6.07, 6.45) is 1.38. The summed E-state index contributed by atoms with van der Waals surface area (Å²) >= 11 is 3.48. The second kappa shape index (κ2) is 7.80. The highest BCUT2D eigenvalue weighted by molar-refractivity contribution is 9.10. The number of nitrogens with one attached hydrogen (secondary N) is 1. The average molecular weight is 444 g/mol. The largest absolute Gasteiger partial charge is 0.462 e. The summed E-state index contributed by atoms with van der Waals surface area (Å²) in [5.74, 6) is 0.502. The fraction of sp³-hybridized carbons (Fsp3) is 0.273. The highest BCUT2D eigenvalue weighted by Crippen LogP contribution is 2.33. The number of fused-ring (bicyclic) bond motifs is 1. The third-order valence-electron chi connectivity index (χ3n) is 4.38. The topological polar surface area (TPSA) is 68.4 Å². The Bertz CT molecular complexity index is 1080. The Kier molecular flexibility index (Phi) is 5.61. The quantitative estimate of drug-likeness (QED) is 0.536. The summed E-state index contributed by atoms with van der Waals surface area (Å²) in [7, 11) is 0. The van der Waals surface area contributed by atoms with Crippen LogP contribution < -0.4 is 10.2 Å². The van der Waals surface area contributed by atoms with Crippen LogP contribution in [0.3, 0.4) is 0 Å². The van der Waals surface area contributed by atoms with Gasteiger partial charge in [-0.3, -0.25) is 4.79 Å². The van der Waals surface area contributed by atoms with Gasteiger partial charge in [-0.15, -0.1) is 0 Å². The smallest absolute Gasteiger partial charge is 0.343 e. The summed E-state index contributed by atoms with van der Waals surface area (Å²) in [4.78, 5) is 27.7. The molecule has 0 radical (unpaired) electrons. The first-order chi connectivity index (χ1) is 13.2. The molecule has 0 fully saturated rings. The Morgan fingerprint density at radius 3 is 2.43 bits per heavy atom. The molecule has 0 aliphatic heterocycles. The molecular formula is C22H22BrNO4. The minimum absolute atomic E-state index is 0.0304. The van der Waals surface area contributed by atoms with Crippen LogP contribution in [0.1, 0.15) is 43.6 Å². The van der Waals surface area contributed by atoms with Crippen molar-refractivity contribution >= 4 is 32.8 Å². The van der Waals surface area contributed by atoms with Gasteiger partial charge in [-0.05, 0) is 58.1 Å². The van der Waals surface area contributed by atoms with Gasteiger partial charge < -0.3 is 14.5 Å². The van der Waals surface area contributed by atoms with Crippen molar-refractivity contribution in [1.29, 1.82) is 0 Å². The standard InChI is InChI=1S/C22H22BrNO4/c1-5-27-21(26)16-12-24-18-11-17(23)19(10-15(18)20(16)25)28-14-8-6-13(7-9-14)22(2,3)4/h6-12H,5H2,1-4H3,(H,24,25). The maximum atomic E-state index is 12.7. The number of pyridine rings is 1. The molecule has 146 valence electrons. The number of aromatic amines is 1. The normalized spacial score (nSPS) is 11.5. The molecule has 0 aliphatic rings. The molecule has 0 saturated heterocycles. The number of hydrogen-bond acceptors (Lipinski definition) is 4. The summed E-state index contributed by atoms with van der Waals surface area (Å²) in [5.41, 5.74) is 1.43. The number of aromatic nitrogens is 1. The fourth-order valence-corrected chi connectivity index (χ4v) is 3.23. The van der Waals surface area contributed by atoms with Gasteiger partial charge in [0.25, 0.3) is 0 Å². The molecule has 6 heteroatoms. The monoisotopic (exact) mass is 443 g/mol. The van der Waals surface area contributed by atoms with Crippen molar-refractivity contribution in [3.8, 4) is 11.5 Å². The molecule has 28 heavy (non-hydrogen) atoms. The van der Waals surface area contributed by atoms with Crippen LogP contribution in [0.15, 0.2) is 51.9 Å².